The summed E-state index contributed by atoms with van der Waals surface area (Å²) in [6.07, 6.45) is -4.55. The molecule has 0 saturated carbocycles. The van der Waals surface area contributed by atoms with E-state index in [0.29, 0.717) is 13.0 Å². The minimum atomic E-state index is -4.13. The average Bonchev–Trinajstić information content (AvgIpc) is 2.30. The third-order valence-electron chi connectivity index (χ3n) is 3.02. The lowest BCUT2D eigenvalue weighted by molar-refractivity contribution is -0.135. The fourth-order valence-electron chi connectivity index (χ4n) is 2.11. The van der Waals surface area contributed by atoms with E-state index in [1.807, 2.05) is 13.8 Å². The molecule has 1 unspecified atom stereocenters. The smallest absolute Gasteiger partial charge is 0.310 e. The van der Waals surface area contributed by atoms with E-state index in [4.69, 9.17) is 0 Å². The standard InChI is InChI=1S/C14H19F4N/c1-3-19-13(5-4-8-14(16,17)18)12-9-11(15)7-6-10(12)2/h6-7,9,13,19H,3-5,8H2,1-2H3. The van der Waals surface area contributed by atoms with Crippen LogP contribution < -0.4 is 5.32 Å². The number of halogens is 4. The molecule has 1 atom stereocenters. The number of hydrogen-bond acceptors (Lipinski definition) is 1. The van der Waals surface area contributed by atoms with Crippen molar-refractivity contribution in [3.8, 4) is 0 Å². The van der Waals surface area contributed by atoms with Gasteiger partial charge in [-0.25, -0.2) is 4.39 Å². The van der Waals surface area contributed by atoms with Crippen molar-refractivity contribution < 1.29 is 17.6 Å². The van der Waals surface area contributed by atoms with Gasteiger partial charge in [0, 0.05) is 12.5 Å². The van der Waals surface area contributed by atoms with E-state index in [1.165, 1.54) is 12.1 Å². The summed E-state index contributed by atoms with van der Waals surface area (Å²) in [5.74, 6) is -0.362. The average molecular weight is 277 g/mol. The second kappa shape index (κ2) is 6.89. The lowest BCUT2D eigenvalue weighted by atomic mass is 9.96. The number of benzene rings is 1. The number of aryl methyl sites for hydroxylation is 1. The molecular formula is C14H19F4N. The Kier molecular flexibility index (Phi) is 5.79. The molecule has 0 bridgehead atoms. The molecule has 5 heteroatoms. The van der Waals surface area contributed by atoms with E-state index in [-0.39, 0.29) is 18.3 Å². The molecule has 0 saturated heterocycles. The third-order valence-corrected chi connectivity index (χ3v) is 3.02. The number of rotatable bonds is 6. The molecule has 0 aromatic heterocycles. The van der Waals surface area contributed by atoms with Crippen LogP contribution in [0.3, 0.4) is 0 Å². The molecule has 1 rings (SSSR count). The Labute approximate surface area is 111 Å². The van der Waals surface area contributed by atoms with Crippen molar-refractivity contribution in [3.05, 3.63) is 35.1 Å². The van der Waals surface area contributed by atoms with Crippen molar-refractivity contribution in [2.75, 3.05) is 6.54 Å². The Hall–Kier alpha value is -1.10. The van der Waals surface area contributed by atoms with Gasteiger partial charge in [-0.1, -0.05) is 13.0 Å². The molecule has 1 N–H and O–H groups in total. The Balaban J connectivity index is 2.73. The van der Waals surface area contributed by atoms with Crippen molar-refractivity contribution in [1.29, 1.82) is 0 Å². The normalized spacial score (nSPS) is 13.6. The first-order valence-corrected chi connectivity index (χ1v) is 6.39. The van der Waals surface area contributed by atoms with Crippen molar-refractivity contribution in [3.63, 3.8) is 0 Å². The maximum absolute atomic E-state index is 13.3. The van der Waals surface area contributed by atoms with Gasteiger partial charge in [-0.15, -0.1) is 0 Å². The molecule has 108 valence electrons. The summed E-state index contributed by atoms with van der Waals surface area (Å²) in [5.41, 5.74) is 1.63. The van der Waals surface area contributed by atoms with Gasteiger partial charge >= 0.3 is 6.18 Å². The van der Waals surface area contributed by atoms with E-state index in [2.05, 4.69) is 5.32 Å². The van der Waals surface area contributed by atoms with Gasteiger partial charge < -0.3 is 5.32 Å². The van der Waals surface area contributed by atoms with Gasteiger partial charge in [-0.05, 0) is 49.6 Å². The fourth-order valence-corrected chi connectivity index (χ4v) is 2.11. The molecule has 0 aliphatic heterocycles. The Morgan fingerprint density at radius 2 is 1.95 bits per heavy atom. The summed E-state index contributed by atoms with van der Waals surface area (Å²) in [4.78, 5) is 0. The van der Waals surface area contributed by atoms with Crippen LogP contribution in [0.25, 0.3) is 0 Å². The van der Waals surface area contributed by atoms with Crippen LogP contribution in [0.4, 0.5) is 17.6 Å². The van der Waals surface area contributed by atoms with Gasteiger partial charge in [-0.2, -0.15) is 13.2 Å². The number of hydrogen-bond donors (Lipinski definition) is 1. The van der Waals surface area contributed by atoms with Crippen LogP contribution in [0.2, 0.25) is 0 Å². The summed E-state index contributed by atoms with van der Waals surface area (Å²) in [7, 11) is 0. The first-order valence-electron chi connectivity index (χ1n) is 6.39. The summed E-state index contributed by atoms with van der Waals surface area (Å²) < 4.78 is 49.7. The monoisotopic (exact) mass is 277 g/mol. The molecule has 0 radical (unpaired) electrons. The predicted molar refractivity (Wildman–Crippen MR) is 67.5 cm³/mol. The summed E-state index contributed by atoms with van der Waals surface area (Å²) >= 11 is 0. The van der Waals surface area contributed by atoms with Crippen molar-refractivity contribution in [2.24, 2.45) is 0 Å². The molecule has 1 nitrogen and oxygen atoms in total. The lowest BCUT2D eigenvalue weighted by Crippen LogP contribution is -2.22. The van der Waals surface area contributed by atoms with Gasteiger partial charge in [-0.3, -0.25) is 0 Å². The van der Waals surface area contributed by atoms with Crippen LogP contribution in [-0.2, 0) is 0 Å². The highest BCUT2D eigenvalue weighted by Crippen LogP contribution is 2.28. The summed E-state index contributed by atoms with van der Waals surface area (Å²) in [6, 6.07) is 4.18. The highest BCUT2D eigenvalue weighted by Gasteiger charge is 2.27. The van der Waals surface area contributed by atoms with Gasteiger partial charge in [0.05, 0.1) is 0 Å². The second-order valence-corrected chi connectivity index (χ2v) is 4.62. The zero-order chi connectivity index (χ0) is 14.5. The van der Waals surface area contributed by atoms with Crippen molar-refractivity contribution in [1.82, 2.24) is 5.32 Å². The van der Waals surface area contributed by atoms with Crippen LogP contribution in [0.15, 0.2) is 18.2 Å². The Morgan fingerprint density at radius 3 is 2.53 bits per heavy atom. The third kappa shape index (κ3) is 5.59. The lowest BCUT2D eigenvalue weighted by Gasteiger charge is -2.21. The first-order chi connectivity index (χ1) is 8.83. The molecule has 0 heterocycles. The van der Waals surface area contributed by atoms with Crippen LogP contribution in [-0.4, -0.2) is 12.7 Å². The summed E-state index contributed by atoms with van der Waals surface area (Å²) in [5, 5.41) is 3.12. The molecule has 0 aliphatic carbocycles. The quantitative estimate of drug-likeness (QED) is 0.754. The van der Waals surface area contributed by atoms with Gasteiger partial charge in [0.25, 0.3) is 0 Å². The highest BCUT2D eigenvalue weighted by atomic mass is 19.4. The minimum Gasteiger partial charge on any atom is -0.310 e. The second-order valence-electron chi connectivity index (χ2n) is 4.62. The molecular weight excluding hydrogens is 258 g/mol. The van der Waals surface area contributed by atoms with Gasteiger partial charge in [0.1, 0.15) is 5.82 Å². The first kappa shape index (κ1) is 16.0. The SMILES string of the molecule is CCNC(CCCC(F)(F)F)c1cc(F)ccc1C. The Morgan fingerprint density at radius 1 is 1.26 bits per heavy atom. The molecule has 1 aromatic carbocycles. The fraction of sp³-hybridized carbons (Fsp3) is 0.571. The molecule has 0 aliphatic rings. The molecule has 0 spiro atoms. The van der Waals surface area contributed by atoms with Crippen LogP contribution in [0.5, 0.6) is 0 Å². The van der Waals surface area contributed by atoms with E-state index < -0.39 is 12.6 Å². The topological polar surface area (TPSA) is 12.0 Å². The van der Waals surface area contributed by atoms with Gasteiger partial charge in [0.2, 0.25) is 0 Å². The van der Waals surface area contributed by atoms with E-state index in [1.54, 1.807) is 6.07 Å². The molecule has 19 heavy (non-hydrogen) atoms. The van der Waals surface area contributed by atoms with Crippen LogP contribution in [0, 0.1) is 12.7 Å². The maximum atomic E-state index is 13.3. The molecule has 1 aromatic rings. The van der Waals surface area contributed by atoms with Gasteiger partial charge in [0.15, 0.2) is 0 Å². The Bertz CT molecular complexity index is 401. The molecule has 0 amide bonds. The zero-order valence-electron chi connectivity index (χ0n) is 11.1. The van der Waals surface area contributed by atoms with E-state index in [9.17, 15) is 17.6 Å². The predicted octanol–water partition coefficient (Wildman–Crippen LogP) is 4.52. The summed E-state index contributed by atoms with van der Waals surface area (Å²) in [6.45, 7) is 4.35. The van der Waals surface area contributed by atoms with E-state index in [0.717, 1.165) is 11.1 Å². The highest BCUT2D eigenvalue weighted by molar-refractivity contribution is 5.29. The largest absolute Gasteiger partial charge is 0.389 e. The van der Waals surface area contributed by atoms with E-state index >= 15 is 0 Å². The van der Waals surface area contributed by atoms with Crippen LogP contribution >= 0.6 is 0 Å². The maximum Gasteiger partial charge on any atom is 0.389 e. The van der Waals surface area contributed by atoms with Crippen molar-refractivity contribution >= 4 is 0 Å². The number of alkyl halides is 3. The van der Waals surface area contributed by atoms with Crippen molar-refractivity contribution in [2.45, 2.75) is 45.3 Å². The minimum absolute atomic E-state index is 0.0388. The molecule has 0 fully saturated rings. The van der Waals surface area contributed by atoms with Crippen LogP contribution in [0.1, 0.15) is 43.4 Å². The zero-order valence-corrected chi connectivity index (χ0v) is 11.1. The number of nitrogens with one attached hydrogen (secondary N) is 1.